The molecule has 2 unspecified atom stereocenters. The van der Waals surface area contributed by atoms with Crippen LogP contribution in [0.2, 0.25) is 0 Å². The summed E-state index contributed by atoms with van der Waals surface area (Å²) in [6.45, 7) is 3.61. The normalized spacial score (nSPS) is 13.7. The average Bonchev–Trinajstić information content (AvgIpc) is 3.11. The van der Waals surface area contributed by atoms with Crippen molar-refractivity contribution in [1.82, 2.24) is 0 Å². The number of unbranched alkanes of at least 4 members (excludes halogenated alkanes) is 19. The fraction of sp³-hybridized carbons (Fsp3) is 0.805. The Hall–Kier alpha value is -1.77. The van der Waals surface area contributed by atoms with Gasteiger partial charge >= 0.3 is 19.8 Å². The number of esters is 2. The molecule has 0 aromatic carbocycles. The van der Waals surface area contributed by atoms with E-state index in [1.807, 2.05) is 0 Å². The standard InChI is InChI=1S/C41H76NO8P/c1-3-5-7-9-11-13-15-17-18-19-20-22-23-25-27-29-31-33-40(43)47-37-39(38-49-51(45,46)48-36-35-42)50-41(44)34-32-30-28-26-24-21-16-14-12-10-8-6-4-2/h5,7,11,13,17-18,39H,3-4,6,8-10,12,14-16,19-38,42H2,1-2H3,(H,45,46). The number of carbonyl (C=O) groups is 2. The van der Waals surface area contributed by atoms with Gasteiger partial charge in [0.15, 0.2) is 6.10 Å². The van der Waals surface area contributed by atoms with Gasteiger partial charge in [0.2, 0.25) is 0 Å². The summed E-state index contributed by atoms with van der Waals surface area (Å²) in [5.74, 6) is -0.837. The minimum absolute atomic E-state index is 0.0524. The molecule has 2 atom stereocenters. The Morgan fingerprint density at radius 1 is 0.608 bits per heavy atom. The Kier molecular flexibility index (Phi) is 36.7. The maximum Gasteiger partial charge on any atom is 0.472 e. The average molecular weight is 742 g/mol. The number of hydrogen-bond acceptors (Lipinski definition) is 8. The van der Waals surface area contributed by atoms with E-state index in [1.165, 1.54) is 83.5 Å². The predicted molar refractivity (Wildman–Crippen MR) is 210 cm³/mol. The lowest BCUT2D eigenvalue weighted by Crippen LogP contribution is -2.29. The molecule has 0 fully saturated rings. The lowest BCUT2D eigenvalue weighted by molar-refractivity contribution is -0.161. The molecule has 0 aliphatic carbocycles. The summed E-state index contributed by atoms with van der Waals surface area (Å²) >= 11 is 0. The number of phosphoric ester groups is 1. The second-order valence-corrected chi connectivity index (χ2v) is 14.9. The zero-order chi connectivity index (χ0) is 37.5. The number of carbonyl (C=O) groups excluding carboxylic acids is 2. The van der Waals surface area contributed by atoms with Crippen molar-refractivity contribution in [3.05, 3.63) is 36.5 Å². The molecule has 0 heterocycles. The van der Waals surface area contributed by atoms with Crippen molar-refractivity contribution in [2.45, 2.75) is 187 Å². The van der Waals surface area contributed by atoms with E-state index in [0.717, 1.165) is 64.2 Å². The highest BCUT2D eigenvalue weighted by atomic mass is 31.2. The van der Waals surface area contributed by atoms with Gasteiger partial charge in [-0.1, -0.05) is 159 Å². The van der Waals surface area contributed by atoms with E-state index in [-0.39, 0.29) is 32.6 Å². The lowest BCUT2D eigenvalue weighted by Gasteiger charge is -2.19. The zero-order valence-corrected chi connectivity index (χ0v) is 33.5. The second kappa shape index (κ2) is 38.0. The van der Waals surface area contributed by atoms with E-state index in [1.54, 1.807) is 0 Å². The van der Waals surface area contributed by atoms with E-state index in [9.17, 15) is 19.0 Å². The first-order valence-electron chi connectivity index (χ1n) is 20.5. The van der Waals surface area contributed by atoms with Crippen molar-refractivity contribution in [2.24, 2.45) is 5.73 Å². The van der Waals surface area contributed by atoms with Crippen LogP contribution in [0.15, 0.2) is 36.5 Å². The first-order chi connectivity index (χ1) is 24.8. The molecule has 0 aromatic rings. The minimum Gasteiger partial charge on any atom is -0.462 e. The first kappa shape index (κ1) is 49.2. The van der Waals surface area contributed by atoms with Crippen LogP contribution in [-0.4, -0.2) is 49.3 Å². The summed E-state index contributed by atoms with van der Waals surface area (Å²) in [7, 11) is -4.37. The molecule has 0 spiro atoms. The van der Waals surface area contributed by atoms with Gasteiger partial charge in [-0.3, -0.25) is 18.6 Å². The molecule has 0 aliphatic heterocycles. The molecular formula is C41H76NO8P. The van der Waals surface area contributed by atoms with Crippen molar-refractivity contribution < 1.29 is 37.6 Å². The number of hydrogen-bond donors (Lipinski definition) is 2. The summed E-state index contributed by atoms with van der Waals surface area (Å²) < 4.78 is 32.7. The fourth-order valence-corrected chi connectivity index (χ4v) is 6.30. The van der Waals surface area contributed by atoms with Gasteiger partial charge in [0.1, 0.15) is 6.61 Å². The lowest BCUT2D eigenvalue weighted by atomic mass is 10.0. The van der Waals surface area contributed by atoms with Gasteiger partial charge in [-0.15, -0.1) is 0 Å². The zero-order valence-electron chi connectivity index (χ0n) is 32.6. The molecule has 298 valence electrons. The summed E-state index contributed by atoms with van der Waals surface area (Å²) in [5.41, 5.74) is 5.34. The van der Waals surface area contributed by atoms with Crippen LogP contribution in [0.4, 0.5) is 0 Å². The highest BCUT2D eigenvalue weighted by Crippen LogP contribution is 2.43. The van der Waals surface area contributed by atoms with Gasteiger partial charge < -0.3 is 20.1 Å². The summed E-state index contributed by atoms with van der Waals surface area (Å²) in [6, 6.07) is 0. The first-order valence-corrected chi connectivity index (χ1v) is 22.0. The number of rotatable bonds is 38. The third kappa shape index (κ3) is 37.8. The SMILES string of the molecule is CCC=CCC=CCC=CCCCCCCCCCC(=O)OCC(COP(=O)(O)OCCN)OC(=O)CCCCCCCCCCCCCCC. The molecule has 3 N–H and O–H groups in total. The molecule has 0 amide bonds. The number of phosphoric acid groups is 1. The molecule has 0 saturated heterocycles. The largest absolute Gasteiger partial charge is 0.472 e. The van der Waals surface area contributed by atoms with Crippen LogP contribution < -0.4 is 5.73 Å². The van der Waals surface area contributed by atoms with Crippen molar-refractivity contribution in [3.63, 3.8) is 0 Å². The van der Waals surface area contributed by atoms with Crippen LogP contribution in [0.1, 0.15) is 181 Å². The maximum absolute atomic E-state index is 12.5. The molecule has 0 radical (unpaired) electrons. The van der Waals surface area contributed by atoms with Gasteiger partial charge in [-0.25, -0.2) is 4.57 Å². The topological polar surface area (TPSA) is 134 Å². The number of allylic oxidation sites excluding steroid dienone is 6. The predicted octanol–water partition coefficient (Wildman–Crippen LogP) is 11.4. The summed E-state index contributed by atoms with van der Waals surface area (Å²) in [6.07, 6.45) is 40.3. The molecule has 0 rings (SSSR count). The van der Waals surface area contributed by atoms with E-state index in [2.05, 4.69) is 50.3 Å². The molecule has 10 heteroatoms. The van der Waals surface area contributed by atoms with Gasteiger partial charge in [0, 0.05) is 19.4 Å². The molecular weight excluding hydrogens is 665 g/mol. The van der Waals surface area contributed by atoms with E-state index >= 15 is 0 Å². The Morgan fingerprint density at radius 3 is 1.61 bits per heavy atom. The van der Waals surface area contributed by atoms with Gasteiger partial charge in [-0.2, -0.15) is 0 Å². The van der Waals surface area contributed by atoms with Crippen LogP contribution in [0.5, 0.6) is 0 Å². The molecule has 9 nitrogen and oxygen atoms in total. The summed E-state index contributed by atoms with van der Waals surface area (Å²) in [5, 5.41) is 0. The van der Waals surface area contributed by atoms with Gasteiger partial charge in [-0.05, 0) is 44.9 Å². The van der Waals surface area contributed by atoms with Crippen molar-refractivity contribution in [1.29, 1.82) is 0 Å². The monoisotopic (exact) mass is 742 g/mol. The molecule has 0 aromatic heterocycles. The van der Waals surface area contributed by atoms with Gasteiger partial charge in [0.25, 0.3) is 0 Å². The van der Waals surface area contributed by atoms with E-state index in [0.29, 0.717) is 6.42 Å². The molecule has 0 saturated carbocycles. The maximum atomic E-state index is 12.5. The third-order valence-corrected chi connectivity index (χ3v) is 9.52. The van der Waals surface area contributed by atoms with Crippen molar-refractivity contribution in [2.75, 3.05) is 26.4 Å². The van der Waals surface area contributed by atoms with Crippen LogP contribution in [-0.2, 0) is 32.7 Å². The van der Waals surface area contributed by atoms with Crippen molar-refractivity contribution in [3.8, 4) is 0 Å². The minimum atomic E-state index is -4.37. The molecule has 0 aliphatic rings. The highest BCUT2D eigenvalue weighted by molar-refractivity contribution is 7.47. The fourth-order valence-electron chi connectivity index (χ4n) is 5.53. The number of ether oxygens (including phenoxy) is 2. The summed E-state index contributed by atoms with van der Waals surface area (Å²) in [4.78, 5) is 34.8. The Labute approximate surface area is 312 Å². The Morgan fingerprint density at radius 2 is 1.08 bits per heavy atom. The van der Waals surface area contributed by atoms with Gasteiger partial charge in [0.05, 0.1) is 13.2 Å². The van der Waals surface area contributed by atoms with E-state index in [4.69, 9.17) is 24.3 Å². The Balaban J connectivity index is 4.17. The van der Waals surface area contributed by atoms with Crippen LogP contribution in [0, 0.1) is 0 Å². The second-order valence-electron chi connectivity index (χ2n) is 13.5. The highest BCUT2D eigenvalue weighted by Gasteiger charge is 2.26. The van der Waals surface area contributed by atoms with Crippen molar-refractivity contribution >= 4 is 19.8 Å². The molecule has 0 bridgehead atoms. The van der Waals surface area contributed by atoms with Crippen LogP contribution >= 0.6 is 7.82 Å². The smallest absolute Gasteiger partial charge is 0.462 e. The molecule has 51 heavy (non-hydrogen) atoms. The van der Waals surface area contributed by atoms with Crippen LogP contribution in [0.3, 0.4) is 0 Å². The number of nitrogens with two attached hydrogens (primary N) is 1. The third-order valence-electron chi connectivity index (χ3n) is 8.54. The van der Waals surface area contributed by atoms with Crippen LogP contribution in [0.25, 0.3) is 0 Å². The Bertz CT molecular complexity index is 939. The van der Waals surface area contributed by atoms with E-state index < -0.39 is 32.5 Å². The quantitative estimate of drug-likeness (QED) is 0.0274.